The van der Waals surface area contributed by atoms with E-state index in [-0.39, 0.29) is 0 Å². The molecule has 1 saturated carbocycles. The molecule has 0 aromatic carbocycles. The Bertz CT molecular complexity index is 249. The lowest BCUT2D eigenvalue weighted by Crippen LogP contribution is -2.49. The topological polar surface area (TPSA) is 24.5 Å². The molecular weight excluding hydrogens is 236 g/mol. The standard InChI is InChI=1S/C16H32N2O/c1-4-17-16-9-7-5-6-8-15(16)12-18-10-13(2)19-14(3)11-18/h13-17H,4-12H2,1-3H3/t13-,14+,15?,16?. The van der Waals surface area contributed by atoms with Crippen LogP contribution in [0.15, 0.2) is 0 Å². The fourth-order valence-electron chi connectivity index (χ4n) is 3.90. The van der Waals surface area contributed by atoms with Crippen molar-refractivity contribution >= 4 is 0 Å². The minimum absolute atomic E-state index is 0.395. The van der Waals surface area contributed by atoms with Crippen molar-refractivity contribution in [3.63, 3.8) is 0 Å². The molecule has 3 heteroatoms. The highest BCUT2D eigenvalue weighted by Gasteiger charge is 2.28. The van der Waals surface area contributed by atoms with Gasteiger partial charge in [-0.2, -0.15) is 0 Å². The van der Waals surface area contributed by atoms with Gasteiger partial charge in [-0.05, 0) is 39.2 Å². The van der Waals surface area contributed by atoms with Crippen molar-refractivity contribution in [2.75, 3.05) is 26.2 Å². The molecule has 1 N–H and O–H groups in total. The summed E-state index contributed by atoms with van der Waals surface area (Å²) >= 11 is 0. The van der Waals surface area contributed by atoms with E-state index >= 15 is 0 Å². The fourth-order valence-corrected chi connectivity index (χ4v) is 3.90. The van der Waals surface area contributed by atoms with E-state index in [2.05, 4.69) is 31.0 Å². The minimum atomic E-state index is 0.395. The van der Waals surface area contributed by atoms with E-state index in [1.165, 1.54) is 38.6 Å². The van der Waals surface area contributed by atoms with Gasteiger partial charge in [0.05, 0.1) is 12.2 Å². The molecule has 112 valence electrons. The zero-order valence-corrected chi connectivity index (χ0v) is 13.0. The van der Waals surface area contributed by atoms with E-state index in [0.717, 1.165) is 31.6 Å². The van der Waals surface area contributed by atoms with Gasteiger partial charge in [-0.25, -0.2) is 0 Å². The van der Waals surface area contributed by atoms with Crippen LogP contribution in [0.5, 0.6) is 0 Å². The van der Waals surface area contributed by atoms with Gasteiger partial charge in [-0.15, -0.1) is 0 Å². The maximum Gasteiger partial charge on any atom is 0.0678 e. The van der Waals surface area contributed by atoms with Crippen LogP contribution in [-0.4, -0.2) is 49.3 Å². The van der Waals surface area contributed by atoms with Crippen molar-refractivity contribution in [1.82, 2.24) is 10.2 Å². The van der Waals surface area contributed by atoms with Crippen molar-refractivity contribution in [1.29, 1.82) is 0 Å². The summed E-state index contributed by atoms with van der Waals surface area (Å²) in [7, 11) is 0. The number of nitrogens with zero attached hydrogens (tertiary/aromatic N) is 1. The Hall–Kier alpha value is -0.120. The molecule has 0 aromatic rings. The maximum atomic E-state index is 5.85. The number of hydrogen-bond acceptors (Lipinski definition) is 3. The average molecular weight is 268 g/mol. The lowest BCUT2D eigenvalue weighted by molar-refractivity contribution is -0.0727. The lowest BCUT2D eigenvalue weighted by atomic mass is 9.93. The maximum absolute atomic E-state index is 5.85. The van der Waals surface area contributed by atoms with Gasteiger partial charge in [-0.3, -0.25) is 4.90 Å². The molecule has 2 aliphatic rings. The van der Waals surface area contributed by atoms with Crippen LogP contribution < -0.4 is 5.32 Å². The third-order valence-electron chi connectivity index (χ3n) is 4.61. The Balaban J connectivity index is 1.90. The zero-order chi connectivity index (χ0) is 13.7. The summed E-state index contributed by atoms with van der Waals surface area (Å²) in [5.41, 5.74) is 0. The Kier molecular flexibility index (Phi) is 6.11. The summed E-state index contributed by atoms with van der Waals surface area (Å²) in [6.45, 7) is 11.2. The van der Waals surface area contributed by atoms with Gasteiger partial charge in [0.2, 0.25) is 0 Å². The van der Waals surface area contributed by atoms with Crippen molar-refractivity contribution in [2.24, 2.45) is 5.92 Å². The summed E-state index contributed by atoms with van der Waals surface area (Å²) in [6.07, 6.45) is 7.81. The number of hydrogen-bond donors (Lipinski definition) is 1. The molecule has 3 nitrogen and oxygen atoms in total. The van der Waals surface area contributed by atoms with E-state index in [9.17, 15) is 0 Å². The first-order valence-corrected chi connectivity index (χ1v) is 8.30. The van der Waals surface area contributed by atoms with E-state index < -0.39 is 0 Å². The van der Waals surface area contributed by atoms with E-state index in [4.69, 9.17) is 4.74 Å². The highest BCUT2D eigenvalue weighted by molar-refractivity contribution is 4.84. The molecule has 1 aliphatic heterocycles. The van der Waals surface area contributed by atoms with Crippen molar-refractivity contribution in [3.05, 3.63) is 0 Å². The summed E-state index contributed by atoms with van der Waals surface area (Å²) in [6, 6.07) is 0.737. The molecule has 1 aliphatic carbocycles. The first kappa shape index (κ1) is 15.3. The third kappa shape index (κ3) is 4.73. The Morgan fingerprint density at radius 3 is 2.42 bits per heavy atom. The molecule has 2 fully saturated rings. The van der Waals surface area contributed by atoms with Crippen LogP contribution in [0.3, 0.4) is 0 Å². The van der Waals surface area contributed by atoms with Crippen LogP contribution in [0.25, 0.3) is 0 Å². The molecule has 4 atom stereocenters. The average Bonchev–Trinajstić information content (AvgIpc) is 2.55. The predicted octanol–water partition coefficient (Wildman–Crippen LogP) is 2.65. The fraction of sp³-hybridized carbons (Fsp3) is 1.00. The normalized spacial score (nSPS) is 38.1. The van der Waals surface area contributed by atoms with Gasteiger partial charge in [0, 0.05) is 25.7 Å². The van der Waals surface area contributed by atoms with Crippen LogP contribution in [0.4, 0.5) is 0 Å². The molecule has 1 heterocycles. The van der Waals surface area contributed by atoms with E-state index in [1.54, 1.807) is 0 Å². The van der Waals surface area contributed by atoms with E-state index in [0.29, 0.717) is 12.2 Å². The Morgan fingerprint density at radius 2 is 1.74 bits per heavy atom. The monoisotopic (exact) mass is 268 g/mol. The van der Waals surface area contributed by atoms with Crippen LogP contribution in [0.2, 0.25) is 0 Å². The van der Waals surface area contributed by atoms with Crippen LogP contribution in [0, 0.1) is 5.92 Å². The lowest BCUT2D eigenvalue weighted by Gasteiger charge is -2.38. The van der Waals surface area contributed by atoms with Crippen molar-refractivity contribution < 1.29 is 4.74 Å². The molecule has 0 radical (unpaired) electrons. The molecule has 0 aromatic heterocycles. The molecule has 19 heavy (non-hydrogen) atoms. The number of nitrogens with one attached hydrogen (secondary N) is 1. The second kappa shape index (κ2) is 7.61. The molecule has 1 saturated heterocycles. The number of ether oxygens (including phenoxy) is 1. The second-order valence-electron chi connectivity index (χ2n) is 6.54. The molecule has 0 bridgehead atoms. The summed E-state index contributed by atoms with van der Waals surface area (Å²) in [4.78, 5) is 2.64. The highest BCUT2D eigenvalue weighted by Crippen LogP contribution is 2.25. The Labute approximate surface area is 119 Å². The summed E-state index contributed by atoms with van der Waals surface area (Å²) in [5.74, 6) is 0.833. The smallest absolute Gasteiger partial charge is 0.0678 e. The second-order valence-corrected chi connectivity index (χ2v) is 6.54. The summed E-state index contributed by atoms with van der Waals surface area (Å²) in [5, 5.41) is 3.73. The predicted molar refractivity (Wildman–Crippen MR) is 80.5 cm³/mol. The largest absolute Gasteiger partial charge is 0.373 e. The van der Waals surface area contributed by atoms with Gasteiger partial charge in [-0.1, -0.05) is 26.2 Å². The van der Waals surface area contributed by atoms with Crippen LogP contribution in [-0.2, 0) is 4.74 Å². The molecule has 0 amide bonds. The van der Waals surface area contributed by atoms with Gasteiger partial charge >= 0.3 is 0 Å². The van der Waals surface area contributed by atoms with Gasteiger partial charge < -0.3 is 10.1 Å². The van der Waals surface area contributed by atoms with Crippen molar-refractivity contribution in [2.45, 2.75) is 71.1 Å². The van der Waals surface area contributed by atoms with Gasteiger partial charge in [0.25, 0.3) is 0 Å². The third-order valence-corrected chi connectivity index (χ3v) is 4.61. The first-order chi connectivity index (χ1) is 9.19. The minimum Gasteiger partial charge on any atom is -0.373 e. The Morgan fingerprint density at radius 1 is 1.05 bits per heavy atom. The molecular formula is C16H32N2O. The van der Waals surface area contributed by atoms with E-state index in [1.807, 2.05) is 0 Å². The number of rotatable bonds is 4. The van der Waals surface area contributed by atoms with Gasteiger partial charge in [0.1, 0.15) is 0 Å². The molecule has 0 spiro atoms. The molecule has 2 unspecified atom stereocenters. The van der Waals surface area contributed by atoms with Gasteiger partial charge in [0.15, 0.2) is 0 Å². The highest BCUT2D eigenvalue weighted by atomic mass is 16.5. The SMILES string of the molecule is CCNC1CCCCCC1CN1C[C@@H](C)O[C@@H](C)C1. The number of morpholine rings is 1. The van der Waals surface area contributed by atoms with Crippen molar-refractivity contribution in [3.8, 4) is 0 Å². The quantitative estimate of drug-likeness (QED) is 0.793. The zero-order valence-electron chi connectivity index (χ0n) is 13.0. The first-order valence-electron chi connectivity index (χ1n) is 8.30. The molecule has 2 rings (SSSR count). The van der Waals surface area contributed by atoms with Crippen LogP contribution in [0.1, 0.15) is 52.9 Å². The summed E-state index contributed by atoms with van der Waals surface area (Å²) < 4.78 is 5.85. The van der Waals surface area contributed by atoms with Crippen LogP contribution >= 0.6 is 0 Å².